The van der Waals surface area contributed by atoms with Crippen LogP contribution in [0, 0.1) is 6.92 Å². The molecule has 1 aromatic carbocycles. The highest BCUT2D eigenvalue weighted by molar-refractivity contribution is 7.20. The zero-order valence-corrected chi connectivity index (χ0v) is 16.3. The molecule has 0 unspecified atom stereocenters. The van der Waals surface area contributed by atoms with Crippen molar-refractivity contribution in [2.75, 3.05) is 18.4 Å². The lowest BCUT2D eigenvalue weighted by molar-refractivity contribution is 0.0725. The number of likely N-dealkylation sites (tertiary alicyclic amines) is 1. The number of aromatic nitrogens is 2. The van der Waals surface area contributed by atoms with Gasteiger partial charge in [-0.15, -0.1) is 11.3 Å². The van der Waals surface area contributed by atoms with Crippen molar-refractivity contribution in [2.24, 2.45) is 7.05 Å². The molecule has 27 heavy (non-hydrogen) atoms. The van der Waals surface area contributed by atoms with Crippen LogP contribution in [0.3, 0.4) is 0 Å². The largest absolute Gasteiger partial charge is 0.339 e. The predicted octanol–water partition coefficient (Wildman–Crippen LogP) is 3.82. The lowest BCUT2D eigenvalue weighted by Gasteiger charge is -2.27. The minimum Gasteiger partial charge on any atom is -0.339 e. The van der Waals surface area contributed by atoms with Crippen molar-refractivity contribution in [1.29, 1.82) is 0 Å². The number of thiophene rings is 1. The molecule has 0 atom stereocenters. The molecular formula is C20H22N4O2S. The van der Waals surface area contributed by atoms with Gasteiger partial charge in [-0.2, -0.15) is 5.10 Å². The van der Waals surface area contributed by atoms with Crippen molar-refractivity contribution in [2.45, 2.75) is 26.2 Å². The highest BCUT2D eigenvalue weighted by atomic mass is 32.1. The SMILES string of the molecule is Cc1nn(C)c2sc(C(=O)Nc3ccccc3C(=O)N3CCCCC3)cc12. The molecule has 1 saturated heterocycles. The van der Waals surface area contributed by atoms with Crippen LogP contribution in [0.15, 0.2) is 30.3 Å². The van der Waals surface area contributed by atoms with E-state index in [4.69, 9.17) is 0 Å². The van der Waals surface area contributed by atoms with Crippen LogP contribution in [0.25, 0.3) is 10.2 Å². The molecule has 0 saturated carbocycles. The smallest absolute Gasteiger partial charge is 0.265 e. The molecule has 1 N–H and O–H groups in total. The van der Waals surface area contributed by atoms with Gasteiger partial charge in [-0.3, -0.25) is 14.3 Å². The Morgan fingerprint density at radius 3 is 2.63 bits per heavy atom. The summed E-state index contributed by atoms with van der Waals surface area (Å²) in [5.74, 6) is -0.212. The number of anilines is 1. The van der Waals surface area contributed by atoms with Gasteiger partial charge in [0, 0.05) is 25.5 Å². The molecule has 2 amide bonds. The van der Waals surface area contributed by atoms with E-state index in [1.54, 1.807) is 16.8 Å². The van der Waals surface area contributed by atoms with Crippen LogP contribution in [-0.4, -0.2) is 39.6 Å². The van der Waals surface area contributed by atoms with E-state index in [-0.39, 0.29) is 11.8 Å². The molecule has 7 heteroatoms. The summed E-state index contributed by atoms with van der Waals surface area (Å²) in [6.07, 6.45) is 3.24. The molecule has 1 aliphatic rings. The van der Waals surface area contributed by atoms with Gasteiger partial charge < -0.3 is 10.2 Å². The maximum atomic E-state index is 12.9. The molecule has 2 aromatic heterocycles. The average Bonchev–Trinajstić information content (AvgIpc) is 3.24. The third-order valence-electron chi connectivity index (χ3n) is 4.97. The molecule has 140 valence electrons. The molecule has 3 aromatic rings. The fourth-order valence-corrected chi connectivity index (χ4v) is 4.57. The van der Waals surface area contributed by atoms with Crippen LogP contribution in [0.4, 0.5) is 5.69 Å². The first kappa shape index (κ1) is 17.7. The standard InChI is InChI=1S/C20H22N4O2S/c1-13-15-12-17(27-20(15)23(2)22-13)18(25)21-16-9-5-4-8-14(16)19(26)24-10-6-3-7-11-24/h4-5,8-9,12H,3,6-7,10-11H2,1-2H3,(H,21,25). The molecule has 4 rings (SSSR count). The van der Waals surface area contributed by atoms with Crippen LogP contribution in [0.5, 0.6) is 0 Å². The van der Waals surface area contributed by atoms with E-state index in [1.165, 1.54) is 17.8 Å². The fraction of sp³-hybridized carbons (Fsp3) is 0.350. The normalized spacial score (nSPS) is 14.5. The monoisotopic (exact) mass is 382 g/mol. The van der Waals surface area contributed by atoms with E-state index >= 15 is 0 Å². The molecule has 0 radical (unpaired) electrons. The quantitative estimate of drug-likeness (QED) is 0.749. The summed E-state index contributed by atoms with van der Waals surface area (Å²) in [5.41, 5.74) is 2.01. The van der Waals surface area contributed by atoms with Gasteiger partial charge in [-0.1, -0.05) is 12.1 Å². The van der Waals surface area contributed by atoms with E-state index in [1.807, 2.05) is 37.1 Å². The van der Waals surface area contributed by atoms with Crippen molar-refractivity contribution in [3.63, 3.8) is 0 Å². The lowest BCUT2D eigenvalue weighted by atomic mass is 10.1. The summed E-state index contributed by atoms with van der Waals surface area (Å²) in [7, 11) is 1.88. The second-order valence-corrected chi connectivity index (χ2v) is 7.92. The first-order valence-corrected chi connectivity index (χ1v) is 9.99. The van der Waals surface area contributed by atoms with Gasteiger partial charge in [0.05, 0.1) is 21.8 Å². The Balaban J connectivity index is 1.59. The molecule has 0 bridgehead atoms. The maximum Gasteiger partial charge on any atom is 0.265 e. The summed E-state index contributed by atoms with van der Waals surface area (Å²) in [6.45, 7) is 3.50. The van der Waals surface area contributed by atoms with E-state index in [0.717, 1.165) is 41.8 Å². The topological polar surface area (TPSA) is 67.2 Å². The molecule has 3 heterocycles. The number of carbonyl (C=O) groups is 2. The number of benzene rings is 1. The molecule has 6 nitrogen and oxygen atoms in total. The van der Waals surface area contributed by atoms with Gasteiger partial charge in [-0.25, -0.2) is 0 Å². The number of hydrogen-bond donors (Lipinski definition) is 1. The zero-order chi connectivity index (χ0) is 19.0. The third kappa shape index (κ3) is 3.35. The van der Waals surface area contributed by atoms with Gasteiger partial charge in [0.25, 0.3) is 11.8 Å². The van der Waals surface area contributed by atoms with Crippen molar-refractivity contribution in [3.8, 4) is 0 Å². The lowest BCUT2D eigenvalue weighted by Crippen LogP contribution is -2.36. The second-order valence-electron chi connectivity index (χ2n) is 6.89. The Hall–Kier alpha value is -2.67. The van der Waals surface area contributed by atoms with Crippen LogP contribution in [0.1, 0.15) is 45.0 Å². The van der Waals surface area contributed by atoms with E-state index in [0.29, 0.717) is 16.1 Å². The number of fused-ring (bicyclic) bond motifs is 1. The Bertz CT molecular complexity index is 980. The van der Waals surface area contributed by atoms with Crippen LogP contribution >= 0.6 is 11.3 Å². The average molecular weight is 382 g/mol. The van der Waals surface area contributed by atoms with E-state index in [2.05, 4.69) is 10.4 Å². The van der Waals surface area contributed by atoms with Gasteiger partial charge in [-0.05, 0) is 44.4 Å². The number of hydrogen-bond acceptors (Lipinski definition) is 4. The summed E-state index contributed by atoms with van der Waals surface area (Å²) >= 11 is 1.41. The molecular weight excluding hydrogens is 360 g/mol. The number of aryl methyl sites for hydroxylation is 2. The molecule has 0 spiro atoms. The highest BCUT2D eigenvalue weighted by Crippen LogP contribution is 2.29. The number of amides is 2. The number of nitrogens with one attached hydrogen (secondary N) is 1. The van der Waals surface area contributed by atoms with Crippen LogP contribution in [0.2, 0.25) is 0 Å². The van der Waals surface area contributed by atoms with Crippen molar-refractivity contribution < 1.29 is 9.59 Å². The Labute approximate surface area is 161 Å². The van der Waals surface area contributed by atoms with Gasteiger partial charge in [0.2, 0.25) is 0 Å². The van der Waals surface area contributed by atoms with E-state index in [9.17, 15) is 9.59 Å². The van der Waals surface area contributed by atoms with Gasteiger partial charge in [0.15, 0.2) is 0 Å². The van der Waals surface area contributed by atoms with Gasteiger partial charge in [0.1, 0.15) is 4.83 Å². The number of nitrogens with zero attached hydrogens (tertiary/aromatic N) is 3. The summed E-state index contributed by atoms with van der Waals surface area (Å²) in [4.78, 5) is 29.2. The minimum atomic E-state index is -0.200. The summed E-state index contributed by atoms with van der Waals surface area (Å²) in [6, 6.07) is 9.11. The third-order valence-corrected chi connectivity index (χ3v) is 6.17. The highest BCUT2D eigenvalue weighted by Gasteiger charge is 2.22. The maximum absolute atomic E-state index is 12.9. The zero-order valence-electron chi connectivity index (χ0n) is 15.5. The first-order chi connectivity index (χ1) is 13.0. The second kappa shape index (κ2) is 7.15. The van der Waals surface area contributed by atoms with Crippen LogP contribution in [-0.2, 0) is 7.05 Å². The Morgan fingerprint density at radius 2 is 1.89 bits per heavy atom. The minimum absolute atomic E-state index is 0.0121. The van der Waals surface area contributed by atoms with Crippen molar-refractivity contribution in [1.82, 2.24) is 14.7 Å². The van der Waals surface area contributed by atoms with Gasteiger partial charge >= 0.3 is 0 Å². The molecule has 0 aliphatic carbocycles. The Morgan fingerprint density at radius 1 is 1.15 bits per heavy atom. The number of carbonyl (C=O) groups excluding carboxylic acids is 2. The fourth-order valence-electron chi connectivity index (χ4n) is 3.55. The van der Waals surface area contributed by atoms with Crippen molar-refractivity contribution >= 4 is 39.1 Å². The summed E-state index contributed by atoms with van der Waals surface area (Å²) in [5, 5.41) is 8.29. The number of piperidine rings is 1. The summed E-state index contributed by atoms with van der Waals surface area (Å²) < 4.78 is 1.79. The van der Waals surface area contributed by atoms with Crippen molar-refractivity contribution in [3.05, 3.63) is 46.5 Å². The predicted molar refractivity (Wildman–Crippen MR) is 107 cm³/mol. The van der Waals surface area contributed by atoms with E-state index < -0.39 is 0 Å². The Kier molecular flexibility index (Phi) is 4.70. The first-order valence-electron chi connectivity index (χ1n) is 9.17. The number of rotatable bonds is 3. The van der Waals surface area contributed by atoms with Crippen LogP contribution < -0.4 is 5.32 Å². The molecule has 1 fully saturated rings. The number of para-hydroxylation sites is 1. The molecule has 1 aliphatic heterocycles.